The van der Waals surface area contributed by atoms with Gasteiger partial charge in [-0.05, 0) is 37.5 Å². The first-order valence-corrected chi connectivity index (χ1v) is 7.99. The SMILES string of the molecule is CCOC(=O)c1c(-c2ccc(OC)cc2)cn(CC(C)C)c1C. The number of carbonyl (C=O) groups is 1. The molecule has 0 saturated heterocycles. The number of rotatable bonds is 6. The molecule has 0 N–H and O–H groups in total. The molecule has 0 fully saturated rings. The van der Waals surface area contributed by atoms with Gasteiger partial charge in [-0.25, -0.2) is 4.79 Å². The first-order valence-electron chi connectivity index (χ1n) is 7.99. The van der Waals surface area contributed by atoms with Gasteiger partial charge in [-0.1, -0.05) is 26.0 Å². The fourth-order valence-corrected chi connectivity index (χ4v) is 2.69. The van der Waals surface area contributed by atoms with E-state index in [2.05, 4.69) is 18.4 Å². The van der Waals surface area contributed by atoms with Crippen LogP contribution in [0.5, 0.6) is 5.75 Å². The van der Waals surface area contributed by atoms with Crippen LogP contribution in [0.1, 0.15) is 36.8 Å². The minimum Gasteiger partial charge on any atom is -0.497 e. The highest BCUT2D eigenvalue weighted by atomic mass is 16.5. The van der Waals surface area contributed by atoms with Crippen LogP contribution in [0.3, 0.4) is 0 Å². The minimum atomic E-state index is -0.265. The number of nitrogens with zero attached hydrogens (tertiary/aromatic N) is 1. The van der Waals surface area contributed by atoms with E-state index in [1.54, 1.807) is 7.11 Å². The van der Waals surface area contributed by atoms with Crippen LogP contribution in [-0.2, 0) is 11.3 Å². The molecule has 1 heterocycles. The van der Waals surface area contributed by atoms with Gasteiger partial charge in [0.1, 0.15) is 5.75 Å². The van der Waals surface area contributed by atoms with Crippen molar-refractivity contribution in [3.05, 3.63) is 41.7 Å². The van der Waals surface area contributed by atoms with Gasteiger partial charge in [-0.3, -0.25) is 0 Å². The largest absolute Gasteiger partial charge is 0.497 e. The molecular formula is C19H25NO3. The third-order valence-corrected chi connectivity index (χ3v) is 3.79. The fraction of sp³-hybridized carbons (Fsp3) is 0.421. The van der Waals surface area contributed by atoms with Crippen molar-refractivity contribution in [1.29, 1.82) is 0 Å². The highest BCUT2D eigenvalue weighted by molar-refractivity contribution is 5.98. The topological polar surface area (TPSA) is 40.5 Å². The number of esters is 1. The van der Waals surface area contributed by atoms with E-state index in [1.165, 1.54) is 0 Å². The standard InChI is InChI=1S/C19H25NO3/c1-6-23-19(21)18-14(4)20(11-13(2)3)12-17(18)15-7-9-16(22-5)10-8-15/h7-10,12-13H,6,11H2,1-5H3. The third kappa shape index (κ3) is 3.76. The first-order chi connectivity index (χ1) is 11.0. The van der Waals surface area contributed by atoms with Crippen LogP contribution in [0.4, 0.5) is 0 Å². The van der Waals surface area contributed by atoms with Crippen molar-refractivity contribution >= 4 is 5.97 Å². The third-order valence-electron chi connectivity index (χ3n) is 3.79. The average Bonchev–Trinajstić information content (AvgIpc) is 2.84. The van der Waals surface area contributed by atoms with E-state index in [0.717, 1.165) is 29.1 Å². The molecule has 0 atom stereocenters. The number of hydrogen-bond donors (Lipinski definition) is 0. The maximum Gasteiger partial charge on any atom is 0.340 e. The molecule has 0 aliphatic carbocycles. The molecule has 4 heteroatoms. The van der Waals surface area contributed by atoms with Gasteiger partial charge in [0.15, 0.2) is 0 Å². The Balaban J connectivity index is 2.52. The summed E-state index contributed by atoms with van der Waals surface area (Å²) in [6.07, 6.45) is 2.05. The van der Waals surface area contributed by atoms with Crippen LogP contribution < -0.4 is 4.74 Å². The van der Waals surface area contributed by atoms with Crippen molar-refractivity contribution in [2.75, 3.05) is 13.7 Å². The Hall–Kier alpha value is -2.23. The Kier molecular flexibility index (Phi) is 5.48. The lowest BCUT2D eigenvalue weighted by atomic mass is 10.0. The predicted octanol–water partition coefficient (Wildman–Crippen LogP) is 4.30. The van der Waals surface area contributed by atoms with E-state index in [-0.39, 0.29) is 5.97 Å². The van der Waals surface area contributed by atoms with E-state index in [1.807, 2.05) is 44.3 Å². The molecule has 0 amide bonds. The van der Waals surface area contributed by atoms with E-state index >= 15 is 0 Å². The second-order valence-electron chi connectivity index (χ2n) is 6.00. The first kappa shape index (κ1) is 17.1. The summed E-state index contributed by atoms with van der Waals surface area (Å²) >= 11 is 0. The van der Waals surface area contributed by atoms with Crippen LogP contribution >= 0.6 is 0 Å². The summed E-state index contributed by atoms with van der Waals surface area (Å²) < 4.78 is 12.6. The summed E-state index contributed by atoms with van der Waals surface area (Å²) in [6, 6.07) is 7.74. The molecule has 2 rings (SSSR count). The Labute approximate surface area is 138 Å². The van der Waals surface area contributed by atoms with Gasteiger partial charge in [0.25, 0.3) is 0 Å². The number of carbonyl (C=O) groups excluding carboxylic acids is 1. The lowest BCUT2D eigenvalue weighted by molar-refractivity contribution is 0.0526. The van der Waals surface area contributed by atoms with Crippen molar-refractivity contribution in [3.8, 4) is 16.9 Å². The predicted molar refractivity (Wildman–Crippen MR) is 92.0 cm³/mol. The van der Waals surface area contributed by atoms with Gasteiger partial charge >= 0.3 is 5.97 Å². The monoisotopic (exact) mass is 315 g/mol. The van der Waals surface area contributed by atoms with Gasteiger partial charge < -0.3 is 14.0 Å². The quantitative estimate of drug-likeness (QED) is 0.746. The second-order valence-corrected chi connectivity index (χ2v) is 6.00. The van der Waals surface area contributed by atoms with Crippen LogP contribution in [0.25, 0.3) is 11.1 Å². The zero-order valence-corrected chi connectivity index (χ0v) is 14.6. The zero-order chi connectivity index (χ0) is 17.0. The maximum absolute atomic E-state index is 12.4. The minimum absolute atomic E-state index is 0.265. The Bertz CT molecular complexity index is 669. The van der Waals surface area contributed by atoms with Gasteiger partial charge in [-0.2, -0.15) is 0 Å². The lowest BCUT2D eigenvalue weighted by Gasteiger charge is -2.09. The van der Waals surface area contributed by atoms with Gasteiger partial charge in [0.05, 0.1) is 19.3 Å². The highest BCUT2D eigenvalue weighted by Crippen LogP contribution is 2.30. The van der Waals surface area contributed by atoms with Gasteiger partial charge in [0.2, 0.25) is 0 Å². The molecule has 1 aromatic carbocycles. The number of ether oxygens (including phenoxy) is 2. The van der Waals surface area contributed by atoms with E-state index in [4.69, 9.17) is 9.47 Å². The molecule has 0 unspecified atom stereocenters. The molecule has 23 heavy (non-hydrogen) atoms. The Morgan fingerprint density at radius 2 is 1.87 bits per heavy atom. The number of methoxy groups -OCH3 is 1. The molecule has 0 aliphatic heterocycles. The Morgan fingerprint density at radius 1 is 1.22 bits per heavy atom. The lowest BCUT2D eigenvalue weighted by Crippen LogP contribution is -2.09. The summed E-state index contributed by atoms with van der Waals surface area (Å²) in [5.74, 6) is 1.03. The highest BCUT2D eigenvalue weighted by Gasteiger charge is 2.21. The summed E-state index contributed by atoms with van der Waals surface area (Å²) in [7, 11) is 1.64. The van der Waals surface area contributed by atoms with Crippen LogP contribution in [0.2, 0.25) is 0 Å². The molecule has 0 spiro atoms. The number of aromatic nitrogens is 1. The Morgan fingerprint density at radius 3 is 2.39 bits per heavy atom. The second kappa shape index (κ2) is 7.36. The maximum atomic E-state index is 12.4. The summed E-state index contributed by atoms with van der Waals surface area (Å²) in [6.45, 7) is 9.37. The molecule has 0 bridgehead atoms. The van der Waals surface area contributed by atoms with Gasteiger partial charge in [-0.15, -0.1) is 0 Å². The molecule has 0 radical (unpaired) electrons. The van der Waals surface area contributed by atoms with Crippen LogP contribution in [0, 0.1) is 12.8 Å². The van der Waals surface area contributed by atoms with Crippen molar-refractivity contribution in [1.82, 2.24) is 4.57 Å². The van der Waals surface area contributed by atoms with Crippen molar-refractivity contribution < 1.29 is 14.3 Å². The number of hydrogen-bond acceptors (Lipinski definition) is 3. The summed E-state index contributed by atoms with van der Waals surface area (Å²) in [4.78, 5) is 12.4. The number of benzene rings is 1. The summed E-state index contributed by atoms with van der Waals surface area (Å²) in [5.41, 5.74) is 3.49. The van der Waals surface area contributed by atoms with Crippen molar-refractivity contribution in [2.24, 2.45) is 5.92 Å². The molecule has 124 valence electrons. The zero-order valence-electron chi connectivity index (χ0n) is 14.6. The van der Waals surface area contributed by atoms with Crippen LogP contribution in [-0.4, -0.2) is 24.3 Å². The molecular weight excluding hydrogens is 290 g/mol. The normalized spacial score (nSPS) is 10.9. The van der Waals surface area contributed by atoms with E-state index in [9.17, 15) is 4.79 Å². The molecule has 1 aromatic heterocycles. The smallest absolute Gasteiger partial charge is 0.340 e. The summed E-state index contributed by atoms with van der Waals surface area (Å²) in [5, 5.41) is 0. The molecule has 2 aromatic rings. The van der Waals surface area contributed by atoms with Crippen molar-refractivity contribution in [3.63, 3.8) is 0 Å². The van der Waals surface area contributed by atoms with Crippen LogP contribution in [0.15, 0.2) is 30.5 Å². The molecule has 0 aliphatic rings. The average molecular weight is 315 g/mol. The fourth-order valence-electron chi connectivity index (χ4n) is 2.69. The van der Waals surface area contributed by atoms with Crippen molar-refractivity contribution in [2.45, 2.75) is 34.2 Å². The van der Waals surface area contributed by atoms with Gasteiger partial charge in [0, 0.05) is 24.0 Å². The van der Waals surface area contributed by atoms with E-state index < -0.39 is 0 Å². The molecule has 0 saturated carbocycles. The van der Waals surface area contributed by atoms with E-state index in [0.29, 0.717) is 18.1 Å². The molecule has 4 nitrogen and oxygen atoms in total.